The van der Waals surface area contributed by atoms with E-state index in [4.69, 9.17) is 0 Å². The summed E-state index contributed by atoms with van der Waals surface area (Å²) in [7, 11) is 1.56. The van der Waals surface area contributed by atoms with Gasteiger partial charge in [-0.15, -0.1) is 0 Å². The number of benzene rings is 1. The van der Waals surface area contributed by atoms with E-state index in [0.717, 1.165) is 12.1 Å². The molecule has 0 bridgehead atoms. The lowest BCUT2D eigenvalue weighted by Crippen LogP contribution is -2.21. The molecule has 0 amide bonds. The van der Waals surface area contributed by atoms with Crippen molar-refractivity contribution in [3.63, 3.8) is 0 Å². The normalized spacial score (nSPS) is 12.1. The van der Waals surface area contributed by atoms with E-state index in [1.54, 1.807) is 14.0 Å². The minimum absolute atomic E-state index is 0.194. The van der Waals surface area contributed by atoms with Gasteiger partial charge in [0.1, 0.15) is 0 Å². The maximum absolute atomic E-state index is 12.7. The lowest BCUT2D eigenvalue weighted by molar-refractivity contribution is -0.137. The molecular weight excluding hydrogens is 358 g/mol. The van der Waals surface area contributed by atoms with Crippen LogP contribution in [0, 0.1) is 10.5 Å². The second kappa shape index (κ2) is 4.25. The number of rotatable bonds is 0. The molecule has 6 heteroatoms. The third-order valence-electron chi connectivity index (χ3n) is 2.91. The first-order valence-electron chi connectivity index (χ1n) is 5.09. The number of halogens is 4. The van der Waals surface area contributed by atoms with Gasteiger partial charge >= 0.3 is 6.18 Å². The summed E-state index contributed by atoms with van der Waals surface area (Å²) in [6.07, 6.45) is -4.37. The van der Waals surface area contributed by atoms with Gasteiger partial charge in [-0.1, -0.05) is 0 Å². The average Bonchev–Trinajstić information content (AvgIpc) is 2.32. The standard InChI is InChI=1S/C12H9F3INO/c1-6-8-5-7(12(13,14)15)3-4-9(8)17(2)11(18)10(6)16/h3-5H,1-2H3. The minimum atomic E-state index is -4.37. The molecule has 1 heterocycles. The smallest absolute Gasteiger partial charge is 0.310 e. The van der Waals surface area contributed by atoms with Crippen LogP contribution in [0.4, 0.5) is 13.2 Å². The van der Waals surface area contributed by atoms with Crippen LogP contribution in [0.15, 0.2) is 23.0 Å². The second-order valence-corrected chi connectivity index (χ2v) is 5.11. The molecule has 0 aliphatic carbocycles. The molecule has 0 aliphatic heterocycles. The van der Waals surface area contributed by atoms with Crippen molar-refractivity contribution in [1.82, 2.24) is 4.57 Å². The molecule has 0 N–H and O–H groups in total. The Balaban J connectivity index is 2.91. The maximum Gasteiger partial charge on any atom is 0.416 e. The first kappa shape index (κ1) is 13.4. The molecule has 1 aromatic heterocycles. The van der Waals surface area contributed by atoms with Gasteiger partial charge in [-0.3, -0.25) is 4.79 Å². The summed E-state index contributed by atoms with van der Waals surface area (Å²) < 4.78 is 39.8. The number of aryl methyl sites for hydroxylation is 2. The summed E-state index contributed by atoms with van der Waals surface area (Å²) in [6, 6.07) is 3.42. The molecule has 2 rings (SSSR count). The zero-order chi connectivity index (χ0) is 13.7. The maximum atomic E-state index is 12.7. The lowest BCUT2D eigenvalue weighted by Gasteiger charge is -2.12. The van der Waals surface area contributed by atoms with Gasteiger partial charge < -0.3 is 4.57 Å². The van der Waals surface area contributed by atoms with Gasteiger partial charge in [0.2, 0.25) is 0 Å². The van der Waals surface area contributed by atoms with E-state index in [1.165, 1.54) is 10.6 Å². The van der Waals surface area contributed by atoms with Crippen LogP contribution < -0.4 is 5.56 Å². The Morgan fingerprint density at radius 2 is 1.89 bits per heavy atom. The fourth-order valence-electron chi connectivity index (χ4n) is 1.84. The van der Waals surface area contributed by atoms with Crippen molar-refractivity contribution in [2.75, 3.05) is 0 Å². The van der Waals surface area contributed by atoms with Crippen molar-refractivity contribution in [3.8, 4) is 0 Å². The summed E-state index contributed by atoms with van der Waals surface area (Å²) in [4.78, 5) is 11.8. The summed E-state index contributed by atoms with van der Waals surface area (Å²) >= 11 is 1.86. The van der Waals surface area contributed by atoms with Gasteiger partial charge in [0.15, 0.2) is 0 Å². The fourth-order valence-corrected chi connectivity index (χ4v) is 2.49. The van der Waals surface area contributed by atoms with Gasteiger partial charge in [-0.25, -0.2) is 0 Å². The fraction of sp³-hybridized carbons (Fsp3) is 0.250. The molecule has 2 aromatic rings. The van der Waals surface area contributed by atoms with Crippen molar-refractivity contribution < 1.29 is 13.2 Å². The van der Waals surface area contributed by atoms with Gasteiger partial charge in [0.25, 0.3) is 5.56 Å². The highest BCUT2D eigenvalue weighted by molar-refractivity contribution is 14.1. The van der Waals surface area contributed by atoms with Crippen LogP contribution >= 0.6 is 22.6 Å². The van der Waals surface area contributed by atoms with E-state index < -0.39 is 11.7 Å². The van der Waals surface area contributed by atoms with Crippen molar-refractivity contribution in [2.24, 2.45) is 7.05 Å². The van der Waals surface area contributed by atoms with E-state index in [1.807, 2.05) is 22.6 Å². The Bertz CT molecular complexity index is 688. The number of alkyl halides is 3. The molecule has 0 atom stereocenters. The Kier molecular flexibility index (Phi) is 3.16. The third-order valence-corrected chi connectivity index (χ3v) is 4.18. The lowest BCUT2D eigenvalue weighted by atomic mass is 10.1. The SMILES string of the molecule is Cc1c(I)c(=O)n(C)c2ccc(C(F)(F)F)cc12. The van der Waals surface area contributed by atoms with Gasteiger partial charge in [-0.05, 0) is 53.3 Å². The number of nitrogens with zero attached hydrogens (tertiary/aromatic N) is 1. The highest BCUT2D eigenvalue weighted by Crippen LogP contribution is 2.32. The van der Waals surface area contributed by atoms with Crippen LogP contribution in [0.2, 0.25) is 0 Å². The highest BCUT2D eigenvalue weighted by Gasteiger charge is 2.30. The Hall–Kier alpha value is -1.05. The predicted molar refractivity (Wildman–Crippen MR) is 71.6 cm³/mol. The predicted octanol–water partition coefficient (Wildman–Crippen LogP) is 3.47. The number of hydrogen-bond acceptors (Lipinski definition) is 1. The van der Waals surface area contributed by atoms with E-state index in [9.17, 15) is 18.0 Å². The Labute approximate surface area is 115 Å². The quantitative estimate of drug-likeness (QED) is 0.654. The molecule has 0 aliphatic rings. The zero-order valence-corrected chi connectivity index (χ0v) is 11.8. The topological polar surface area (TPSA) is 22.0 Å². The Morgan fingerprint density at radius 1 is 1.28 bits per heavy atom. The molecule has 1 aromatic carbocycles. The van der Waals surface area contributed by atoms with Gasteiger partial charge in [-0.2, -0.15) is 13.2 Å². The highest BCUT2D eigenvalue weighted by atomic mass is 127. The van der Waals surface area contributed by atoms with Crippen molar-refractivity contribution in [2.45, 2.75) is 13.1 Å². The first-order chi connectivity index (χ1) is 8.23. The van der Waals surface area contributed by atoms with Crippen LogP contribution in [-0.4, -0.2) is 4.57 Å². The van der Waals surface area contributed by atoms with Crippen LogP contribution in [0.25, 0.3) is 10.9 Å². The third kappa shape index (κ3) is 2.02. The van der Waals surface area contributed by atoms with Crippen LogP contribution in [0.1, 0.15) is 11.1 Å². The van der Waals surface area contributed by atoms with E-state index >= 15 is 0 Å². The molecule has 0 saturated carbocycles. The zero-order valence-electron chi connectivity index (χ0n) is 9.60. The molecule has 96 valence electrons. The van der Waals surface area contributed by atoms with Gasteiger partial charge in [0, 0.05) is 12.4 Å². The summed E-state index contributed by atoms with van der Waals surface area (Å²) in [5.74, 6) is 0. The summed E-state index contributed by atoms with van der Waals surface area (Å²) in [6.45, 7) is 1.66. The average molecular weight is 367 g/mol. The van der Waals surface area contributed by atoms with E-state index in [-0.39, 0.29) is 5.56 Å². The van der Waals surface area contributed by atoms with Crippen molar-refractivity contribution in [1.29, 1.82) is 0 Å². The largest absolute Gasteiger partial charge is 0.416 e. The summed E-state index contributed by atoms with van der Waals surface area (Å²) in [5.41, 5.74) is 0.193. The number of aromatic nitrogens is 1. The van der Waals surface area contributed by atoms with Crippen LogP contribution in [0.3, 0.4) is 0 Å². The molecule has 18 heavy (non-hydrogen) atoms. The molecule has 0 unspecified atom stereocenters. The van der Waals surface area contributed by atoms with Crippen molar-refractivity contribution >= 4 is 33.5 Å². The number of fused-ring (bicyclic) bond motifs is 1. The molecular formula is C12H9F3INO. The van der Waals surface area contributed by atoms with E-state index in [0.29, 0.717) is 20.0 Å². The van der Waals surface area contributed by atoms with Gasteiger partial charge in [0.05, 0.1) is 14.7 Å². The number of pyridine rings is 1. The molecule has 0 spiro atoms. The van der Waals surface area contributed by atoms with Crippen LogP contribution in [-0.2, 0) is 13.2 Å². The molecule has 2 nitrogen and oxygen atoms in total. The van der Waals surface area contributed by atoms with E-state index in [2.05, 4.69) is 0 Å². The van der Waals surface area contributed by atoms with Crippen molar-refractivity contribution in [3.05, 3.63) is 43.2 Å². The first-order valence-corrected chi connectivity index (χ1v) is 6.17. The second-order valence-electron chi connectivity index (χ2n) is 4.03. The van der Waals surface area contributed by atoms with Crippen LogP contribution in [0.5, 0.6) is 0 Å². The molecule has 0 radical (unpaired) electrons. The number of hydrogen-bond donors (Lipinski definition) is 0. The molecule has 0 saturated heterocycles. The Morgan fingerprint density at radius 3 is 2.44 bits per heavy atom. The summed E-state index contributed by atoms with van der Waals surface area (Å²) in [5, 5.41) is 0.455. The monoisotopic (exact) mass is 367 g/mol. The molecule has 0 fully saturated rings. The minimum Gasteiger partial charge on any atom is -0.310 e.